The standard InChI is InChI=1S/C28H32N8O4.CH4/c1-28(2,29)26(37)31-23(18-39-16-19-8-4-3-5-9-19)25-34-33-24-15-35(12-13-36(24)25)27(38)40-17-20-14-30-32-22-11-7-6-10-21(20)22;/h3-11,14,23H,12-13,15-18,29H2,1-2H3,(H,31,37);1H4/t23-;/m1./s1. The van der Waals surface area contributed by atoms with Crippen LogP contribution in [0.1, 0.15) is 50.1 Å². The van der Waals surface area contributed by atoms with Crippen molar-refractivity contribution in [2.75, 3.05) is 13.2 Å². The molecule has 0 saturated carbocycles. The normalized spacial score (nSPS) is 13.7. The van der Waals surface area contributed by atoms with Crippen LogP contribution in [-0.4, -0.2) is 60.6 Å². The highest BCUT2D eigenvalue weighted by Gasteiger charge is 2.32. The van der Waals surface area contributed by atoms with Gasteiger partial charge in [0.1, 0.15) is 12.6 Å². The van der Waals surface area contributed by atoms with Gasteiger partial charge in [-0.15, -0.1) is 10.2 Å². The lowest BCUT2D eigenvalue weighted by Crippen LogP contribution is -2.51. The number of rotatable bonds is 9. The lowest BCUT2D eigenvalue weighted by molar-refractivity contribution is -0.126. The van der Waals surface area contributed by atoms with Crippen LogP contribution in [0.5, 0.6) is 0 Å². The van der Waals surface area contributed by atoms with Crippen LogP contribution in [0, 0.1) is 0 Å². The molecular formula is C29H36N8O4. The third-order valence-corrected chi connectivity index (χ3v) is 6.62. The summed E-state index contributed by atoms with van der Waals surface area (Å²) in [7, 11) is 0. The summed E-state index contributed by atoms with van der Waals surface area (Å²) >= 11 is 0. The summed E-state index contributed by atoms with van der Waals surface area (Å²) in [5, 5.41) is 20.6. The fraction of sp³-hybridized carbons (Fsp3) is 0.379. The molecule has 12 heteroatoms. The second-order valence-electron chi connectivity index (χ2n) is 10.2. The van der Waals surface area contributed by atoms with Gasteiger partial charge in [-0.25, -0.2) is 4.79 Å². The van der Waals surface area contributed by atoms with Crippen LogP contribution < -0.4 is 11.1 Å². The highest BCUT2D eigenvalue weighted by Crippen LogP contribution is 2.21. The van der Waals surface area contributed by atoms with Gasteiger partial charge in [-0.05, 0) is 25.5 Å². The third kappa shape index (κ3) is 7.02. The van der Waals surface area contributed by atoms with Crippen molar-refractivity contribution in [1.29, 1.82) is 0 Å². The van der Waals surface area contributed by atoms with Gasteiger partial charge in [0.2, 0.25) is 5.91 Å². The van der Waals surface area contributed by atoms with Crippen molar-refractivity contribution < 1.29 is 19.1 Å². The zero-order chi connectivity index (χ0) is 28.1. The molecule has 0 saturated heterocycles. The molecule has 1 aliphatic rings. The predicted molar refractivity (Wildman–Crippen MR) is 152 cm³/mol. The van der Waals surface area contributed by atoms with E-state index in [9.17, 15) is 9.59 Å². The van der Waals surface area contributed by atoms with Crippen LogP contribution in [0.3, 0.4) is 0 Å². The largest absolute Gasteiger partial charge is 0.444 e. The zero-order valence-electron chi connectivity index (χ0n) is 22.5. The Morgan fingerprint density at radius 3 is 2.56 bits per heavy atom. The summed E-state index contributed by atoms with van der Waals surface area (Å²) in [5.74, 6) is 0.795. The maximum absolute atomic E-state index is 12.9. The molecule has 41 heavy (non-hydrogen) atoms. The smallest absolute Gasteiger partial charge is 0.410 e. The molecule has 0 unspecified atom stereocenters. The van der Waals surface area contributed by atoms with Gasteiger partial charge in [0.15, 0.2) is 11.6 Å². The molecule has 0 aliphatic carbocycles. The van der Waals surface area contributed by atoms with E-state index in [-0.39, 0.29) is 33.1 Å². The van der Waals surface area contributed by atoms with E-state index in [1.54, 1.807) is 24.9 Å². The van der Waals surface area contributed by atoms with Crippen molar-refractivity contribution in [2.45, 2.75) is 59.2 Å². The first-order valence-electron chi connectivity index (χ1n) is 13.0. The molecule has 2 amide bonds. The van der Waals surface area contributed by atoms with E-state index in [1.807, 2.05) is 59.2 Å². The van der Waals surface area contributed by atoms with Crippen molar-refractivity contribution in [1.82, 2.24) is 35.2 Å². The highest BCUT2D eigenvalue weighted by molar-refractivity contribution is 5.85. The molecule has 0 fully saturated rings. The second kappa shape index (κ2) is 12.8. The van der Waals surface area contributed by atoms with E-state index in [1.165, 1.54) is 0 Å². The Balaban J connectivity index is 0.00000387. The molecule has 216 valence electrons. The van der Waals surface area contributed by atoms with Gasteiger partial charge in [0.25, 0.3) is 0 Å². The van der Waals surface area contributed by atoms with Gasteiger partial charge in [0, 0.05) is 24.0 Å². The molecule has 1 atom stereocenters. The quantitative estimate of drug-likeness (QED) is 0.315. The van der Waals surface area contributed by atoms with Gasteiger partial charge in [-0.3, -0.25) is 9.69 Å². The minimum absolute atomic E-state index is 0. The van der Waals surface area contributed by atoms with Gasteiger partial charge in [-0.1, -0.05) is 56.0 Å². The van der Waals surface area contributed by atoms with E-state index in [0.29, 0.717) is 31.3 Å². The minimum Gasteiger partial charge on any atom is -0.444 e. The summed E-state index contributed by atoms with van der Waals surface area (Å²) in [6.45, 7) is 4.94. The van der Waals surface area contributed by atoms with E-state index in [0.717, 1.165) is 22.0 Å². The summed E-state index contributed by atoms with van der Waals surface area (Å²) in [5.41, 5.74) is 7.47. The van der Waals surface area contributed by atoms with E-state index in [4.69, 9.17) is 15.2 Å². The van der Waals surface area contributed by atoms with E-state index >= 15 is 0 Å². The zero-order valence-corrected chi connectivity index (χ0v) is 22.5. The maximum Gasteiger partial charge on any atom is 0.410 e. The number of ether oxygens (including phenoxy) is 2. The van der Waals surface area contributed by atoms with Crippen LogP contribution in [-0.2, 0) is 40.6 Å². The minimum atomic E-state index is -1.08. The lowest BCUT2D eigenvalue weighted by atomic mass is 10.1. The number of nitrogens with two attached hydrogens (primary N) is 1. The summed E-state index contributed by atoms with van der Waals surface area (Å²) in [6, 6.07) is 16.7. The highest BCUT2D eigenvalue weighted by atomic mass is 16.6. The summed E-state index contributed by atoms with van der Waals surface area (Å²) < 4.78 is 13.5. The Bertz CT molecular complexity index is 1480. The number of nitrogens with one attached hydrogen (secondary N) is 1. The molecule has 2 aromatic heterocycles. The molecule has 4 aromatic rings. The molecule has 0 spiro atoms. The number of amides is 2. The molecule has 2 aromatic carbocycles. The Labute approximate surface area is 238 Å². The molecule has 3 heterocycles. The first kappa shape index (κ1) is 29.6. The molecule has 0 radical (unpaired) electrons. The summed E-state index contributed by atoms with van der Waals surface area (Å²) in [4.78, 5) is 27.2. The number of nitrogens with zero attached hydrogens (tertiary/aromatic N) is 6. The number of carbonyl (C=O) groups is 2. The van der Waals surface area contributed by atoms with Crippen LogP contribution in [0.4, 0.5) is 4.79 Å². The Hall–Kier alpha value is -4.42. The first-order chi connectivity index (χ1) is 19.3. The van der Waals surface area contributed by atoms with Crippen LogP contribution in [0.15, 0.2) is 60.8 Å². The van der Waals surface area contributed by atoms with Gasteiger partial charge >= 0.3 is 6.09 Å². The van der Waals surface area contributed by atoms with Crippen molar-refractivity contribution >= 4 is 22.9 Å². The Morgan fingerprint density at radius 1 is 1.02 bits per heavy atom. The van der Waals surface area contributed by atoms with E-state index < -0.39 is 17.7 Å². The number of benzene rings is 2. The predicted octanol–water partition coefficient (Wildman–Crippen LogP) is 3.12. The van der Waals surface area contributed by atoms with Gasteiger partial charge in [-0.2, -0.15) is 10.2 Å². The molecule has 3 N–H and O–H groups in total. The van der Waals surface area contributed by atoms with Crippen molar-refractivity contribution in [3.8, 4) is 0 Å². The Kier molecular flexibility index (Phi) is 9.25. The number of hydrogen-bond donors (Lipinski definition) is 2. The SMILES string of the molecule is C.CC(C)(N)C(=O)N[C@H](COCc1ccccc1)c1nnc2n1CCN(C(=O)OCc1cnnc3ccccc13)C2. The topological polar surface area (TPSA) is 150 Å². The number of carbonyl (C=O) groups excluding carboxylic acids is 2. The molecule has 0 bridgehead atoms. The first-order valence-corrected chi connectivity index (χ1v) is 13.0. The molecular weight excluding hydrogens is 524 g/mol. The molecule has 1 aliphatic heterocycles. The molecule has 5 rings (SSSR count). The number of aromatic nitrogens is 5. The van der Waals surface area contributed by atoms with Gasteiger partial charge in [0.05, 0.1) is 37.0 Å². The fourth-order valence-corrected chi connectivity index (χ4v) is 4.40. The Morgan fingerprint density at radius 2 is 1.78 bits per heavy atom. The summed E-state index contributed by atoms with van der Waals surface area (Å²) in [6.07, 6.45) is 1.14. The fourth-order valence-electron chi connectivity index (χ4n) is 4.40. The third-order valence-electron chi connectivity index (χ3n) is 6.62. The second-order valence-corrected chi connectivity index (χ2v) is 10.2. The van der Waals surface area contributed by atoms with Crippen molar-refractivity contribution in [3.63, 3.8) is 0 Å². The van der Waals surface area contributed by atoms with Crippen LogP contribution in [0.25, 0.3) is 10.9 Å². The maximum atomic E-state index is 12.9. The number of hydrogen-bond acceptors (Lipinski definition) is 9. The lowest BCUT2D eigenvalue weighted by Gasteiger charge is -2.29. The average Bonchev–Trinajstić information content (AvgIpc) is 3.38. The molecule has 12 nitrogen and oxygen atoms in total. The monoisotopic (exact) mass is 560 g/mol. The van der Waals surface area contributed by atoms with Crippen molar-refractivity contribution in [2.24, 2.45) is 5.73 Å². The number of fused-ring (bicyclic) bond motifs is 2. The van der Waals surface area contributed by atoms with Crippen LogP contribution >= 0.6 is 0 Å². The van der Waals surface area contributed by atoms with Gasteiger partial charge < -0.3 is 25.1 Å². The van der Waals surface area contributed by atoms with E-state index in [2.05, 4.69) is 25.7 Å². The van der Waals surface area contributed by atoms with Crippen molar-refractivity contribution in [3.05, 3.63) is 83.6 Å². The van der Waals surface area contributed by atoms with Crippen LogP contribution in [0.2, 0.25) is 0 Å². The average molecular weight is 561 g/mol.